The number of carbonyl (C=O) groups is 1. The summed E-state index contributed by atoms with van der Waals surface area (Å²) in [5, 5.41) is 3.25. The van der Waals surface area contributed by atoms with E-state index in [9.17, 15) is 9.18 Å². The lowest BCUT2D eigenvalue weighted by Crippen LogP contribution is -2.57. The Balaban J connectivity index is 1.46. The molecule has 7 nitrogen and oxygen atoms in total. The number of rotatable bonds is 2. The highest BCUT2D eigenvalue weighted by molar-refractivity contribution is 5.75. The van der Waals surface area contributed by atoms with E-state index in [1.54, 1.807) is 0 Å². The number of anilines is 1. The second-order valence-corrected chi connectivity index (χ2v) is 7.27. The zero-order valence-corrected chi connectivity index (χ0v) is 14.3. The molecule has 2 amide bonds. The minimum atomic E-state index is -0.436. The fourth-order valence-corrected chi connectivity index (χ4v) is 4.21. The molecule has 8 heteroatoms. The molecule has 1 spiro atoms. The molecule has 136 valence electrons. The van der Waals surface area contributed by atoms with Gasteiger partial charge in [0.25, 0.3) is 0 Å². The fourth-order valence-electron chi connectivity index (χ4n) is 4.21. The van der Waals surface area contributed by atoms with Crippen LogP contribution in [-0.4, -0.2) is 66.3 Å². The first kappa shape index (κ1) is 16.5. The number of nitrogens with one attached hydrogen (secondary N) is 1. The average Bonchev–Trinajstić information content (AvgIpc) is 3.29. The van der Waals surface area contributed by atoms with E-state index in [4.69, 9.17) is 4.74 Å². The van der Waals surface area contributed by atoms with Crippen LogP contribution in [0.5, 0.6) is 0 Å². The first-order valence-electron chi connectivity index (χ1n) is 9.02. The number of hydrogen-bond acceptors (Lipinski definition) is 5. The van der Waals surface area contributed by atoms with Crippen molar-refractivity contribution in [3.8, 4) is 0 Å². The minimum absolute atomic E-state index is 0.0419. The van der Waals surface area contributed by atoms with Gasteiger partial charge in [0.1, 0.15) is 0 Å². The molecule has 0 bridgehead atoms. The molecule has 1 aromatic heterocycles. The largest absolute Gasteiger partial charge is 0.381 e. The van der Waals surface area contributed by atoms with Gasteiger partial charge in [0, 0.05) is 44.2 Å². The Kier molecular flexibility index (Phi) is 4.45. The van der Waals surface area contributed by atoms with E-state index in [0.29, 0.717) is 25.7 Å². The number of amides is 2. The number of likely N-dealkylation sites (tertiary alicyclic amines) is 1. The Morgan fingerprint density at radius 2 is 2.04 bits per heavy atom. The smallest absolute Gasteiger partial charge is 0.317 e. The SMILES string of the molecule is O=C(N[C@H]1CCOC[C@@]12CCN(c1ncc(F)cn1)C2)N1CCCC1. The Hall–Kier alpha value is -1.96. The number of ether oxygens (including phenoxy) is 1. The Bertz CT molecular complexity index is 622. The second kappa shape index (κ2) is 6.74. The maximum atomic E-state index is 13.1. The highest BCUT2D eigenvalue weighted by atomic mass is 19.1. The summed E-state index contributed by atoms with van der Waals surface area (Å²) in [5.74, 6) is 0.0999. The molecule has 0 unspecified atom stereocenters. The lowest BCUT2D eigenvalue weighted by atomic mass is 9.77. The van der Waals surface area contributed by atoms with Crippen LogP contribution in [0.1, 0.15) is 25.7 Å². The third-order valence-corrected chi connectivity index (χ3v) is 5.65. The summed E-state index contributed by atoms with van der Waals surface area (Å²) in [7, 11) is 0. The maximum Gasteiger partial charge on any atom is 0.317 e. The van der Waals surface area contributed by atoms with Gasteiger partial charge in [-0.15, -0.1) is 0 Å². The standard InChI is InChI=1S/C17H24FN5O2/c18-13-9-19-15(20-10-13)23-7-4-17(11-23)12-25-8-3-14(17)21-16(24)22-5-1-2-6-22/h9-10,14H,1-8,11-12H2,(H,21,24)/t14-,17-/m0/s1. The molecule has 0 radical (unpaired) electrons. The van der Waals surface area contributed by atoms with Gasteiger partial charge >= 0.3 is 6.03 Å². The van der Waals surface area contributed by atoms with Gasteiger partial charge in [0.05, 0.1) is 19.0 Å². The Labute approximate surface area is 146 Å². The summed E-state index contributed by atoms with van der Waals surface area (Å²) < 4.78 is 18.8. The molecule has 25 heavy (non-hydrogen) atoms. The summed E-state index contributed by atoms with van der Waals surface area (Å²) in [6.45, 7) is 4.47. The molecule has 1 N–H and O–H groups in total. The zero-order valence-electron chi connectivity index (χ0n) is 14.3. The van der Waals surface area contributed by atoms with Crippen molar-refractivity contribution in [2.75, 3.05) is 44.3 Å². The van der Waals surface area contributed by atoms with Gasteiger partial charge in [-0.05, 0) is 25.7 Å². The quantitative estimate of drug-likeness (QED) is 0.874. The lowest BCUT2D eigenvalue weighted by Gasteiger charge is -2.41. The van der Waals surface area contributed by atoms with Crippen LogP contribution in [0.25, 0.3) is 0 Å². The number of hydrogen-bond donors (Lipinski definition) is 1. The van der Waals surface area contributed by atoms with Crippen molar-refractivity contribution in [2.45, 2.75) is 31.7 Å². The minimum Gasteiger partial charge on any atom is -0.381 e. The zero-order chi connectivity index (χ0) is 17.3. The predicted molar refractivity (Wildman–Crippen MR) is 89.8 cm³/mol. The van der Waals surface area contributed by atoms with Crippen LogP contribution in [0.2, 0.25) is 0 Å². The Morgan fingerprint density at radius 1 is 1.28 bits per heavy atom. The molecule has 4 rings (SSSR count). The van der Waals surface area contributed by atoms with Crippen molar-refractivity contribution >= 4 is 12.0 Å². The highest BCUT2D eigenvalue weighted by Gasteiger charge is 2.48. The number of urea groups is 1. The van der Waals surface area contributed by atoms with Crippen molar-refractivity contribution in [2.24, 2.45) is 5.41 Å². The van der Waals surface area contributed by atoms with Crippen molar-refractivity contribution in [3.05, 3.63) is 18.2 Å². The van der Waals surface area contributed by atoms with Crippen LogP contribution < -0.4 is 10.2 Å². The topological polar surface area (TPSA) is 70.6 Å². The number of nitrogens with zero attached hydrogens (tertiary/aromatic N) is 4. The molecule has 3 saturated heterocycles. The first-order chi connectivity index (χ1) is 12.2. The average molecular weight is 349 g/mol. The summed E-state index contributed by atoms with van der Waals surface area (Å²) in [4.78, 5) is 24.7. The maximum absolute atomic E-state index is 13.1. The van der Waals surface area contributed by atoms with Crippen LogP contribution >= 0.6 is 0 Å². The van der Waals surface area contributed by atoms with E-state index in [2.05, 4.69) is 20.2 Å². The van der Waals surface area contributed by atoms with Crippen LogP contribution in [0.4, 0.5) is 15.1 Å². The summed E-state index contributed by atoms with van der Waals surface area (Å²) in [6.07, 6.45) is 6.27. The molecule has 3 aliphatic rings. The van der Waals surface area contributed by atoms with Crippen molar-refractivity contribution in [1.82, 2.24) is 20.2 Å². The number of halogens is 1. The first-order valence-corrected chi connectivity index (χ1v) is 9.02. The summed E-state index contributed by atoms with van der Waals surface area (Å²) in [5.41, 5.74) is -0.134. The summed E-state index contributed by atoms with van der Waals surface area (Å²) >= 11 is 0. The van der Waals surface area contributed by atoms with E-state index in [1.165, 1.54) is 12.4 Å². The Morgan fingerprint density at radius 3 is 2.80 bits per heavy atom. The van der Waals surface area contributed by atoms with Crippen LogP contribution in [0, 0.1) is 11.2 Å². The van der Waals surface area contributed by atoms with E-state index in [-0.39, 0.29) is 17.5 Å². The van der Waals surface area contributed by atoms with E-state index in [1.807, 2.05) is 4.90 Å². The van der Waals surface area contributed by atoms with Gasteiger partial charge in [-0.1, -0.05) is 0 Å². The van der Waals surface area contributed by atoms with Crippen molar-refractivity contribution in [3.63, 3.8) is 0 Å². The number of aromatic nitrogens is 2. The van der Waals surface area contributed by atoms with E-state index >= 15 is 0 Å². The van der Waals surface area contributed by atoms with E-state index in [0.717, 1.165) is 45.3 Å². The van der Waals surface area contributed by atoms with Gasteiger partial charge in [0.2, 0.25) is 5.95 Å². The van der Waals surface area contributed by atoms with Gasteiger partial charge in [-0.25, -0.2) is 19.2 Å². The molecule has 0 aromatic carbocycles. The van der Waals surface area contributed by atoms with Crippen LogP contribution in [0.3, 0.4) is 0 Å². The van der Waals surface area contributed by atoms with Gasteiger partial charge in [-0.2, -0.15) is 0 Å². The van der Waals surface area contributed by atoms with Crippen molar-refractivity contribution in [1.29, 1.82) is 0 Å². The monoisotopic (exact) mass is 349 g/mol. The third kappa shape index (κ3) is 3.27. The summed E-state index contributed by atoms with van der Waals surface area (Å²) in [6, 6.07) is 0.125. The molecule has 0 aliphatic carbocycles. The third-order valence-electron chi connectivity index (χ3n) is 5.65. The fraction of sp³-hybridized carbons (Fsp3) is 0.706. The molecule has 4 heterocycles. The van der Waals surface area contributed by atoms with Gasteiger partial charge in [0.15, 0.2) is 5.82 Å². The van der Waals surface area contributed by atoms with E-state index < -0.39 is 5.82 Å². The van der Waals surface area contributed by atoms with Crippen LogP contribution in [0.15, 0.2) is 12.4 Å². The molecule has 1 aromatic rings. The van der Waals surface area contributed by atoms with Crippen LogP contribution in [-0.2, 0) is 4.74 Å². The molecule has 0 saturated carbocycles. The molecular weight excluding hydrogens is 325 g/mol. The van der Waals surface area contributed by atoms with Gasteiger partial charge < -0.3 is 19.9 Å². The number of carbonyl (C=O) groups excluding carboxylic acids is 1. The molecule has 2 atom stereocenters. The molecule has 3 aliphatic heterocycles. The predicted octanol–water partition coefficient (Wildman–Crippen LogP) is 1.41. The highest BCUT2D eigenvalue weighted by Crippen LogP contribution is 2.39. The van der Waals surface area contributed by atoms with Crippen molar-refractivity contribution < 1.29 is 13.9 Å². The lowest BCUT2D eigenvalue weighted by molar-refractivity contribution is -0.0190. The van der Waals surface area contributed by atoms with Gasteiger partial charge in [-0.3, -0.25) is 0 Å². The molecule has 3 fully saturated rings. The second-order valence-electron chi connectivity index (χ2n) is 7.27. The normalized spacial score (nSPS) is 29.4. The molecular formula is C17H24FN5O2.